The summed E-state index contributed by atoms with van der Waals surface area (Å²) in [5.74, 6) is -0.449. The van der Waals surface area contributed by atoms with Crippen molar-refractivity contribution in [3.8, 4) is 0 Å². The normalized spacial score (nSPS) is 17.4. The van der Waals surface area contributed by atoms with Gasteiger partial charge in [-0.25, -0.2) is 18.4 Å². The summed E-state index contributed by atoms with van der Waals surface area (Å²) >= 11 is 0.960. The molecule has 0 saturated heterocycles. The van der Waals surface area contributed by atoms with Gasteiger partial charge in [-0.1, -0.05) is 6.42 Å². The van der Waals surface area contributed by atoms with Crippen LogP contribution in [0, 0.1) is 6.92 Å². The SMILES string of the molecule is Cc1c(C(=O)OC2CCCCC2)csc1S(N)(=O)=O. The van der Waals surface area contributed by atoms with E-state index in [4.69, 9.17) is 9.88 Å². The van der Waals surface area contributed by atoms with Crippen LogP contribution in [-0.2, 0) is 14.8 Å². The van der Waals surface area contributed by atoms with Gasteiger partial charge >= 0.3 is 5.97 Å². The molecule has 1 aromatic rings. The van der Waals surface area contributed by atoms with E-state index in [1.165, 1.54) is 11.8 Å². The van der Waals surface area contributed by atoms with Gasteiger partial charge in [-0.2, -0.15) is 0 Å². The number of carbonyl (C=O) groups is 1. The second-order valence-corrected chi connectivity index (χ2v) is 7.41. The minimum atomic E-state index is -3.77. The van der Waals surface area contributed by atoms with Crippen molar-refractivity contribution in [2.45, 2.75) is 49.3 Å². The molecule has 1 aromatic heterocycles. The van der Waals surface area contributed by atoms with E-state index < -0.39 is 16.0 Å². The fraction of sp³-hybridized carbons (Fsp3) is 0.583. The lowest BCUT2D eigenvalue weighted by molar-refractivity contribution is 0.0211. The summed E-state index contributed by atoms with van der Waals surface area (Å²) in [5, 5.41) is 6.59. The maximum atomic E-state index is 12.0. The molecule has 106 valence electrons. The van der Waals surface area contributed by atoms with Crippen LogP contribution in [0.4, 0.5) is 0 Å². The molecule has 7 heteroatoms. The number of nitrogens with two attached hydrogens (primary N) is 1. The van der Waals surface area contributed by atoms with Crippen molar-refractivity contribution in [1.29, 1.82) is 0 Å². The second-order valence-electron chi connectivity index (χ2n) is 4.77. The highest BCUT2D eigenvalue weighted by atomic mass is 32.2. The third-order valence-electron chi connectivity index (χ3n) is 3.30. The molecule has 19 heavy (non-hydrogen) atoms. The fourth-order valence-corrected chi connectivity index (χ4v) is 4.28. The zero-order chi connectivity index (χ0) is 14.0. The molecule has 0 unspecified atom stereocenters. The molecule has 0 aliphatic heterocycles. The fourth-order valence-electron chi connectivity index (χ4n) is 2.28. The van der Waals surface area contributed by atoms with Gasteiger partial charge in [0.15, 0.2) is 0 Å². The number of rotatable bonds is 3. The van der Waals surface area contributed by atoms with Gasteiger partial charge in [-0.15, -0.1) is 11.3 Å². The summed E-state index contributed by atoms with van der Waals surface area (Å²) in [5.41, 5.74) is 0.688. The Morgan fingerprint density at radius 1 is 1.37 bits per heavy atom. The largest absolute Gasteiger partial charge is 0.459 e. The zero-order valence-corrected chi connectivity index (χ0v) is 12.4. The lowest BCUT2D eigenvalue weighted by Crippen LogP contribution is -2.21. The van der Waals surface area contributed by atoms with Gasteiger partial charge in [-0.05, 0) is 38.2 Å². The molecule has 0 amide bonds. The Labute approximate surface area is 116 Å². The molecule has 0 radical (unpaired) electrons. The first-order valence-electron chi connectivity index (χ1n) is 6.21. The van der Waals surface area contributed by atoms with E-state index in [-0.39, 0.29) is 10.3 Å². The molecule has 0 bridgehead atoms. The summed E-state index contributed by atoms with van der Waals surface area (Å²) in [6.45, 7) is 1.58. The molecular weight excluding hydrogens is 286 g/mol. The Morgan fingerprint density at radius 3 is 2.53 bits per heavy atom. The molecule has 0 aromatic carbocycles. The van der Waals surface area contributed by atoms with Gasteiger partial charge in [0.2, 0.25) is 10.0 Å². The van der Waals surface area contributed by atoms with Crippen LogP contribution in [0.25, 0.3) is 0 Å². The Hall–Kier alpha value is -0.920. The molecule has 1 saturated carbocycles. The van der Waals surface area contributed by atoms with Crippen LogP contribution in [0.15, 0.2) is 9.59 Å². The summed E-state index contributed by atoms with van der Waals surface area (Å²) in [4.78, 5) is 12.0. The van der Waals surface area contributed by atoms with Crippen molar-refractivity contribution in [3.05, 3.63) is 16.5 Å². The molecular formula is C12H17NO4S2. The van der Waals surface area contributed by atoms with E-state index >= 15 is 0 Å². The molecule has 0 atom stereocenters. The van der Waals surface area contributed by atoms with Gasteiger partial charge in [0.05, 0.1) is 5.56 Å². The summed E-state index contributed by atoms with van der Waals surface area (Å²) in [7, 11) is -3.77. The van der Waals surface area contributed by atoms with Crippen molar-refractivity contribution in [2.24, 2.45) is 5.14 Å². The molecule has 1 heterocycles. The van der Waals surface area contributed by atoms with Crippen LogP contribution in [-0.4, -0.2) is 20.5 Å². The van der Waals surface area contributed by atoms with E-state index in [2.05, 4.69) is 0 Å². The molecule has 2 rings (SSSR count). The number of primary sulfonamides is 1. The summed E-state index contributed by atoms with van der Waals surface area (Å²) < 4.78 is 28.1. The number of sulfonamides is 1. The average molecular weight is 303 g/mol. The highest BCUT2D eigenvalue weighted by Gasteiger charge is 2.24. The van der Waals surface area contributed by atoms with Crippen molar-refractivity contribution in [2.75, 3.05) is 0 Å². The third-order valence-corrected chi connectivity index (χ3v) is 5.98. The molecule has 1 aliphatic carbocycles. The van der Waals surface area contributed by atoms with Crippen molar-refractivity contribution < 1.29 is 17.9 Å². The Bertz CT molecular complexity index is 571. The van der Waals surface area contributed by atoms with Gasteiger partial charge in [0.25, 0.3) is 0 Å². The first-order valence-corrected chi connectivity index (χ1v) is 8.64. The van der Waals surface area contributed by atoms with Crippen molar-refractivity contribution >= 4 is 27.3 Å². The first-order chi connectivity index (χ1) is 8.89. The van der Waals surface area contributed by atoms with Gasteiger partial charge in [-0.3, -0.25) is 0 Å². The smallest absolute Gasteiger partial charge is 0.339 e. The van der Waals surface area contributed by atoms with E-state index in [1.54, 1.807) is 6.92 Å². The maximum Gasteiger partial charge on any atom is 0.339 e. The highest BCUT2D eigenvalue weighted by molar-refractivity contribution is 7.91. The average Bonchev–Trinajstić information content (AvgIpc) is 2.72. The maximum absolute atomic E-state index is 12.0. The van der Waals surface area contributed by atoms with Gasteiger partial charge < -0.3 is 4.74 Å². The molecule has 2 N–H and O–H groups in total. The van der Waals surface area contributed by atoms with E-state index in [0.29, 0.717) is 11.1 Å². The number of thiophene rings is 1. The summed E-state index contributed by atoms with van der Waals surface area (Å²) in [6.07, 6.45) is 5.06. The minimum absolute atomic E-state index is 0.0306. The van der Waals surface area contributed by atoms with Crippen LogP contribution < -0.4 is 5.14 Å². The predicted molar refractivity (Wildman–Crippen MR) is 72.7 cm³/mol. The quantitative estimate of drug-likeness (QED) is 0.867. The number of ether oxygens (including phenoxy) is 1. The molecule has 1 aliphatic rings. The zero-order valence-electron chi connectivity index (χ0n) is 10.7. The predicted octanol–water partition coefficient (Wildman–Crippen LogP) is 2.19. The highest BCUT2D eigenvalue weighted by Crippen LogP contribution is 2.28. The number of hydrogen-bond donors (Lipinski definition) is 1. The minimum Gasteiger partial charge on any atom is -0.459 e. The second kappa shape index (κ2) is 5.60. The van der Waals surface area contributed by atoms with Gasteiger partial charge in [0, 0.05) is 5.38 Å². The Balaban J connectivity index is 2.13. The standard InChI is InChI=1S/C12H17NO4S2/c1-8-10(7-18-12(8)19(13,15)16)11(14)17-9-5-3-2-4-6-9/h7,9H,2-6H2,1H3,(H2,13,15,16). The number of esters is 1. The summed E-state index contributed by atoms with van der Waals surface area (Å²) in [6, 6.07) is 0. The molecule has 1 fully saturated rings. The van der Waals surface area contributed by atoms with E-state index in [1.807, 2.05) is 0 Å². The van der Waals surface area contributed by atoms with Crippen LogP contribution in [0.2, 0.25) is 0 Å². The lowest BCUT2D eigenvalue weighted by atomic mass is 9.98. The first kappa shape index (κ1) is 14.5. The van der Waals surface area contributed by atoms with Crippen molar-refractivity contribution in [3.63, 3.8) is 0 Å². The Kier molecular flexibility index (Phi) is 4.27. The number of hydrogen-bond acceptors (Lipinski definition) is 5. The van der Waals surface area contributed by atoms with Crippen LogP contribution in [0.5, 0.6) is 0 Å². The van der Waals surface area contributed by atoms with Crippen LogP contribution >= 0.6 is 11.3 Å². The monoisotopic (exact) mass is 303 g/mol. The molecule has 5 nitrogen and oxygen atoms in total. The van der Waals surface area contributed by atoms with E-state index in [0.717, 1.165) is 37.0 Å². The number of carbonyl (C=O) groups excluding carboxylic acids is 1. The Morgan fingerprint density at radius 2 is 2.00 bits per heavy atom. The van der Waals surface area contributed by atoms with Gasteiger partial charge in [0.1, 0.15) is 10.3 Å². The van der Waals surface area contributed by atoms with E-state index in [9.17, 15) is 13.2 Å². The topological polar surface area (TPSA) is 86.5 Å². The van der Waals surface area contributed by atoms with Crippen molar-refractivity contribution in [1.82, 2.24) is 0 Å². The van der Waals surface area contributed by atoms with Crippen LogP contribution in [0.1, 0.15) is 48.0 Å². The third kappa shape index (κ3) is 3.34. The molecule has 0 spiro atoms. The van der Waals surface area contributed by atoms with Crippen LogP contribution in [0.3, 0.4) is 0 Å². The lowest BCUT2D eigenvalue weighted by Gasteiger charge is -2.21.